The van der Waals surface area contributed by atoms with Gasteiger partial charge in [0.05, 0.1) is 17.5 Å². The highest BCUT2D eigenvalue weighted by Gasteiger charge is 2.12. The Morgan fingerprint density at radius 2 is 1.79 bits per heavy atom. The second kappa shape index (κ2) is 7.24. The molecule has 0 radical (unpaired) electrons. The highest BCUT2D eigenvalue weighted by molar-refractivity contribution is 7.71. The molecule has 0 aliphatic heterocycles. The molecule has 0 spiro atoms. The third-order valence-corrected chi connectivity index (χ3v) is 4.66. The number of para-hydroxylation sites is 1. The summed E-state index contributed by atoms with van der Waals surface area (Å²) >= 11 is 5.30. The first kappa shape index (κ1) is 17.9. The van der Waals surface area contributed by atoms with E-state index in [1.807, 2.05) is 68.4 Å². The molecule has 2 heterocycles. The van der Waals surface area contributed by atoms with Crippen LogP contribution in [0.15, 0.2) is 64.5 Å². The van der Waals surface area contributed by atoms with Gasteiger partial charge >= 0.3 is 0 Å². The smallest absolute Gasteiger partial charge is 0.280 e. The van der Waals surface area contributed by atoms with E-state index in [0.29, 0.717) is 21.9 Å². The number of aromatic amines is 2. The molecule has 28 heavy (non-hydrogen) atoms. The molecule has 0 amide bonds. The fourth-order valence-electron chi connectivity index (χ4n) is 2.87. The number of nitrogens with zero attached hydrogens (tertiary/aromatic N) is 4. The highest BCUT2D eigenvalue weighted by atomic mass is 32.1. The number of aromatic nitrogens is 5. The maximum atomic E-state index is 12.8. The molecule has 4 rings (SSSR count). The number of nitrogens with one attached hydrogen (secondary N) is 2. The van der Waals surface area contributed by atoms with Gasteiger partial charge in [-0.2, -0.15) is 14.9 Å². The van der Waals surface area contributed by atoms with Crippen molar-refractivity contribution >= 4 is 18.4 Å². The first-order valence-electron chi connectivity index (χ1n) is 8.70. The van der Waals surface area contributed by atoms with Crippen LogP contribution in [-0.4, -0.2) is 30.9 Å². The van der Waals surface area contributed by atoms with E-state index in [9.17, 15) is 4.79 Å². The second-order valence-electron chi connectivity index (χ2n) is 6.40. The molecule has 7 nitrogen and oxygen atoms in total. The third-order valence-electron chi connectivity index (χ3n) is 4.39. The third kappa shape index (κ3) is 3.25. The quantitative estimate of drug-likeness (QED) is 0.413. The lowest BCUT2D eigenvalue weighted by atomic mass is 10.1. The van der Waals surface area contributed by atoms with Gasteiger partial charge < -0.3 is 0 Å². The Kier molecular flexibility index (Phi) is 4.62. The Morgan fingerprint density at radius 1 is 1.07 bits per heavy atom. The van der Waals surface area contributed by atoms with Gasteiger partial charge in [-0.05, 0) is 38.2 Å². The summed E-state index contributed by atoms with van der Waals surface area (Å²) in [6.07, 6.45) is 1.51. The molecule has 4 aromatic rings. The summed E-state index contributed by atoms with van der Waals surface area (Å²) in [5, 5.41) is 14.5. The van der Waals surface area contributed by atoms with E-state index in [0.717, 1.165) is 16.8 Å². The summed E-state index contributed by atoms with van der Waals surface area (Å²) in [7, 11) is 0. The Labute approximate surface area is 166 Å². The van der Waals surface area contributed by atoms with Gasteiger partial charge in [-0.25, -0.2) is 9.78 Å². The Bertz CT molecular complexity index is 1260. The minimum absolute atomic E-state index is 0.181. The van der Waals surface area contributed by atoms with Crippen molar-refractivity contribution < 1.29 is 0 Å². The van der Waals surface area contributed by atoms with Crippen molar-refractivity contribution in [3.8, 4) is 17.1 Å². The summed E-state index contributed by atoms with van der Waals surface area (Å²) in [6.45, 7) is 3.85. The minimum atomic E-state index is -0.181. The Morgan fingerprint density at radius 3 is 2.50 bits per heavy atom. The highest BCUT2D eigenvalue weighted by Crippen LogP contribution is 2.17. The molecule has 2 N–H and O–H groups in total. The molecule has 0 atom stereocenters. The SMILES string of the molecule is Cc1ccc(-c2n[nH]c(=S)n2/N=C/c2c(C)[nH]n(-c3ccccc3)c2=O)cc1. The maximum Gasteiger partial charge on any atom is 0.280 e. The summed E-state index contributed by atoms with van der Waals surface area (Å²) < 4.78 is 3.36. The fourth-order valence-corrected chi connectivity index (χ4v) is 3.05. The Hall–Kier alpha value is -3.52. The van der Waals surface area contributed by atoms with Gasteiger partial charge in [0.2, 0.25) is 4.77 Å². The van der Waals surface area contributed by atoms with Crippen molar-refractivity contribution in [3.63, 3.8) is 0 Å². The van der Waals surface area contributed by atoms with Crippen LogP contribution in [0, 0.1) is 18.6 Å². The molecule has 0 saturated heterocycles. The van der Waals surface area contributed by atoms with Gasteiger partial charge in [-0.3, -0.25) is 9.89 Å². The molecular formula is C20H18N6OS. The van der Waals surface area contributed by atoms with E-state index in [1.165, 1.54) is 15.6 Å². The molecule has 8 heteroatoms. The molecule has 140 valence electrons. The van der Waals surface area contributed by atoms with E-state index in [2.05, 4.69) is 20.4 Å². The minimum Gasteiger partial charge on any atom is -0.295 e. The fraction of sp³-hybridized carbons (Fsp3) is 0.100. The lowest BCUT2D eigenvalue weighted by molar-refractivity contribution is 0.835. The molecular weight excluding hydrogens is 372 g/mol. The molecule has 0 fully saturated rings. The lowest BCUT2D eigenvalue weighted by Crippen LogP contribution is -2.17. The predicted octanol–water partition coefficient (Wildman–Crippen LogP) is 3.59. The van der Waals surface area contributed by atoms with Crippen LogP contribution in [0.2, 0.25) is 0 Å². The number of H-pyrrole nitrogens is 2. The molecule has 0 aliphatic rings. The van der Waals surface area contributed by atoms with Crippen LogP contribution in [0.1, 0.15) is 16.8 Å². The summed E-state index contributed by atoms with van der Waals surface area (Å²) in [6, 6.07) is 17.3. The number of benzene rings is 2. The predicted molar refractivity (Wildman–Crippen MR) is 112 cm³/mol. The molecule has 0 unspecified atom stereocenters. The van der Waals surface area contributed by atoms with Gasteiger partial charge in [-0.1, -0.05) is 48.0 Å². The van der Waals surface area contributed by atoms with Gasteiger partial charge in [-0.15, -0.1) is 0 Å². The van der Waals surface area contributed by atoms with E-state index >= 15 is 0 Å². The maximum absolute atomic E-state index is 12.8. The van der Waals surface area contributed by atoms with Crippen molar-refractivity contribution in [1.29, 1.82) is 0 Å². The molecule has 0 bridgehead atoms. The molecule has 0 saturated carbocycles. The normalized spacial score (nSPS) is 11.4. The van der Waals surface area contributed by atoms with Crippen LogP contribution in [-0.2, 0) is 0 Å². The van der Waals surface area contributed by atoms with Crippen LogP contribution in [0.25, 0.3) is 17.1 Å². The van der Waals surface area contributed by atoms with Gasteiger partial charge in [0.15, 0.2) is 5.82 Å². The molecule has 0 aliphatic carbocycles. The van der Waals surface area contributed by atoms with E-state index in [-0.39, 0.29) is 5.56 Å². The zero-order valence-electron chi connectivity index (χ0n) is 15.4. The van der Waals surface area contributed by atoms with Crippen molar-refractivity contribution in [2.45, 2.75) is 13.8 Å². The van der Waals surface area contributed by atoms with Crippen LogP contribution in [0.3, 0.4) is 0 Å². The van der Waals surface area contributed by atoms with Gasteiger partial charge in [0.1, 0.15) is 0 Å². The largest absolute Gasteiger partial charge is 0.295 e. The van der Waals surface area contributed by atoms with Crippen molar-refractivity contribution in [3.05, 3.63) is 86.5 Å². The molecule has 2 aromatic carbocycles. The van der Waals surface area contributed by atoms with E-state index in [4.69, 9.17) is 12.2 Å². The summed E-state index contributed by atoms with van der Waals surface area (Å²) in [5.74, 6) is 0.581. The van der Waals surface area contributed by atoms with Gasteiger partial charge in [0.25, 0.3) is 5.56 Å². The number of hydrogen-bond acceptors (Lipinski definition) is 4. The van der Waals surface area contributed by atoms with E-state index in [1.54, 1.807) is 0 Å². The first-order chi connectivity index (χ1) is 13.5. The zero-order valence-corrected chi connectivity index (χ0v) is 16.2. The van der Waals surface area contributed by atoms with Gasteiger partial charge in [0, 0.05) is 11.3 Å². The van der Waals surface area contributed by atoms with Crippen molar-refractivity contribution in [2.75, 3.05) is 0 Å². The van der Waals surface area contributed by atoms with Crippen molar-refractivity contribution in [2.24, 2.45) is 5.10 Å². The lowest BCUT2D eigenvalue weighted by Gasteiger charge is -2.01. The Balaban J connectivity index is 1.75. The summed E-state index contributed by atoms with van der Waals surface area (Å²) in [4.78, 5) is 12.8. The molecule has 2 aromatic heterocycles. The monoisotopic (exact) mass is 390 g/mol. The number of rotatable bonds is 4. The van der Waals surface area contributed by atoms with Crippen LogP contribution >= 0.6 is 12.2 Å². The average Bonchev–Trinajstić information content (AvgIpc) is 3.21. The first-order valence-corrected chi connectivity index (χ1v) is 9.11. The van der Waals surface area contributed by atoms with Crippen molar-refractivity contribution in [1.82, 2.24) is 24.7 Å². The van der Waals surface area contributed by atoms with Crippen LogP contribution in [0.4, 0.5) is 0 Å². The standard InChI is InChI=1S/C20H18N6OS/c1-13-8-10-15(11-9-13)18-22-23-20(28)26(18)21-12-17-14(2)24-25(19(17)27)16-6-4-3-5-7-16/h3-12,24H,1-2H3,(H,23,28)/b21-12+. The number of aryl methyl sites for hydroxylation is 2. The summed E-state index contributed by atoms with van der Waals surface area (Å²) in [5.41, 5.74) is 3.78. The zero-order chi connectivity index (χ0) is 19.7. The van der Waals surface area contributed by atoms with Crippen LogP contribution in [0.5, 0.6) is 0 Å². The average molecular weight is 390 g/mol. The van der Waals surface area contributed by atoms with E-state index < -0.39 is 0 Å². The second-order valence-corrected chi connectivity index (χ2v) is 6.79. The number of hydrogen-bond donors (Lipinski definition) is 2. The van der Waals surface area contributed by atoms with Crippen LogP contribution < -0.4 is 5.56 Å². The topological polar surface area (TPSA) is 83.8 Å².